The molecule has 0 radical (unpaired) electrons. The molecule has 1 heterocycles. The van der Waals surface area contributed by atoms with Crippen molar-refractivity contribution in [3.05, 3.63) is 0 Å². The van der Waals surface area contributed by atoms with Crippen LogP contribution in [-0.4, -0.2) is 74.4 Å². The van der Waals surface area contributed by atoms with E-state index < -0.39 is 57.8 Å². The lowest BCUT2D eigenvalue weighted by Crippen LogP contribution is -2.55. The molecule has 23 heavy (non-hydrogen) atoms. The maximum atomic E-state index is 11.8. The first kappa shape index (κ1) is 16.5. The van der Waals surface area contributed by atoms with Gasteiger partial charge in [-0.05, 0) is 0 Å². The lowest BCUT2D eigenvalue weighted by Gasteiger charge is -2.21. The molecular weight excluding hydrogens is 324 g/mol. The number of amides is 1. The van der Waals surface area contributed by atoms with Crippen LogP contribution in [0.3, 0.4) is 0 Å². The highest BCUT2D eigenvalue weighted by Gasteiger charge is 2.58. The van der Waals surface area contributed by atoms with Crippen molar-refractivity contribution in [1.82, 2.24) is 0 Å². The van der Waals surface area contributed by atoms with Crippen molar-refractivity contribution < 1.29 is 55.9 Å². The highest BCUT2D eigenvalue weighted by atomic mass is 16.7. The predicted molar refractivity (Wildman–Crippen MR) is 66.2 cm³/mol. The average molecular weight is 334 g/mol. The van der Waals surface area contributed by atoms with Gasteiger partial charge in [-0.25, -0.2) is 0 Å². The molecule has 0 saturated heterocycles. The number of carbonyl (C=O) groups is 1. The van der Waals surface area contributed by atoms with Crippen molar-refractivity contribution in [3.63, 3.8) is 0 Å². The normalized spacial score (nSPS) is 17.5. The van der Waals surface area contributed by atoms with E-state index in [0.29, 0.717) is 0 Å². The van der Waals surface area contributed by atoms with Crippen LogP contribution in [0.1, 0.15) is 0 Å². The zero-order valence-electron chi connectivity index (χ0n) is 10.8. The standard InChI is InChI=1S/C10H10N2O11/c13-2-1(3(14)5(16)6(17)4(2)15)12-8(18)9(19,20)7(11-12)10(21,22)23/h13-17,19-23H. The molecule has 13 nitrogen and oxygen atoms in total. The molecule has 0 aromatic heterocycles. The minimum absolute atomic E-state index is 0.254. The third-order valence-electron chi connectivity index (χ3n) is 2.90. The summed E-state index contributed by atoms with van der Waals surface area (Å²) in [7, 11) is 0. The van der Waals surface area contributed by atoms with Crippen molar-refractivity contribution in [2.45, 2.75) is 11.8 Å². The number of aromatic hydroxyl groups is 5. The Balaban J connectivity index is 2.74. The Bertz CT molecular complexity index is 704. The number of hydrogen-bond donors (Lipinski definition) is 10. The number of phenols is 5. The average Bonchev–Trinajstić information content (AvgIpc) is 2.67. The highest BCUT2D eigenvalue weighted by molar-refractivity contribution is 6.22. The molecular formula is C10H10N2O11. The molecule has 126 valence electrons. The first-order chi connectivity index (χ1) is 10.3. The number of hydrazone groups is 1. The van der Waals surface area contributed by atoms with E-state index in [1.807, 2.05) is 0 Å². The summed E-state index contributed by atoms with van der Waals surface area (Å²) in [6, 6.07) is 0. The molecule has 1 amide bonds. The molecule has 1 aromatic rings. The van der Waals surface area contributed by atoms with E-state index in [1.54, 1.807) is 0 Å². The molecule has 0 atom stereocenters. The number of benzene rings is 1. The number of phenolic OH excluding ortho intramolecular Hbond substituents is 5. The number of rotatable bonds is 2. The Morgan fingerprint density at radius 1 is 0.826 bits per heavy atom. The third kappa shape index (κ3) is 2.16. The second kappa shape index (κ2) is 4.58. The van der Waals surface area contributed by atoms with E-state index in [9.17, 15) is 40.5 Å². The van der Waals surface area contributed by atoms with Crippen molar-refractivity contribution in [1.29, 1.82) is 0 Å². The molecule has 0 fully saturated rings. The van der Waals surface area contributed by atoms with Gasteiger partial charge in [0.1, 0.15) is 0 Å². The van der Waals surface area contributed by atoms with Crippen LogP contribution in [0, 0.1) is 0 Å². The SMILES string of the molecule is O=C1N(c2c(O)c(O)c(O)c(O)c2O)N=C(C(O)(O)O)C1(O)O. The van der Waals surface area contributed by atoms with Gasteiger partial charge in [0.25, 0.3) is 5.79 Å². The van der Waals surface area contributed by atoms with Crippen molar-refractivity contribution >= 4 is 17.3 Å². The summed E-state index contributed by atoms with van der Waals surface area (Å²) >= 11 is 0. The first-order valence-electron chi connectivity index (χ1n) is 5.56. The molecule has 1 aromatic carbocycles. The fourth-order valence-corrected chi connectivity index (χ4v) is 1.79. The molecule has 0 unspecified atom stereocenters. The molecule has 0 bridgehead atoms. The van der Waals surface area contributed by atoms with Crippen LogP contribution in [0.2, 0.25) is 0 Å². The molecule has 1 aliphatic heterocycles. The van der Waals surface area contributed by atoms with Crippen LogP contribution in [0.5, 0.6) is 28.7 Å². The molecule has 0 saturated carbocycles. The van der Waals surface area contributed by atoms with Crippen molar-refractivity contribution in [3.8, 4) is 28.7 Å². The summed E-state index contributed by atoms with van der Waals surface area (Å²) in [4.78, 5) is 11.8. The van der Waals surface area contributed by atoms with Gasteiger partial charge in [0.2, 0.25) is 17.2 Å². The maximum Gasteiger partial charge on any atom is 0.326 e. The molecule has 1 aliphatic rings. The van der Waals surface area contributed by atoms with Gasteiger partial charge in [-0.3, -0.25) is 4.79 Å². The Hall–Kier alpha value is -2.84. The summed E-state index contributed by atoms with van der Waals surface area (Å²) in [6.45, 7) is 0. The zero-order valence-corrected chi connectivity index (χ0v) is 10.8. The van der Waals surface area contributed by atoms with E-state index >= 15 is 0 Å². The van der Waals surface area contributed by atoms with E-state index in [2.05, 4.69) is 5.10 Å². The lowest BCUT2D eigenvalue weighted by molar-refractivity contribution is -0.267. The number of nitrogens with zero attached hydrogens (tertiary/aromatic N) is 2. The fourth-order valence-electron chi connectivity index (χ4n) is 1.79. The summed E-state index contributed by atoms with van der Waals surface area (Å²) in [6.07, 6.45) is 0. The van der Waals surface area contributed by atoms with Crippen LogP contribution in [0.25, 0.3) is 0 Å². The molecule has 2 rings (SSSR count). The largest absolute Gasteiger partial charge is 0.503 e. The maximum absolute atomic E-state index is 11.8. The van der Waals surface area contributed by atoms with Gasteiger partial charge >= 0.3 is 11.9 Å². The first-order valence-corrected chi connectivity index (χ1v) is 5.56. The summed E-state index contributed by atoms with van der Waals surface area (Å²) in [5.41, 5.74) is -2.96. The van der Waals surface area contributed by atoms with Gasteiger partial charge < -0.3 is 51.1 Å². The zero-order chi connectivity index (χ0) is 17.9. The van der Waals surface area contributed by atoms with Gasteiger partial charge in [0.15, 0.2) is 22.9 Å². The lowest BCUT2D eigenvalue weighted by atomic mass is 10.1. The van der Waals surface area contributed by atoms with Gasteiger partial charge in [-0.15, -0.1) is 0 Å². The Kier molecular flexibility index (Phi) is 3.29. The van der Waals surface area contributed by atoms with Gasteiger partial charge in [0.05, 0.1) is 0 Å². The van der Waals surface area contributed by atoms with Gasteiger partial charge in [-0.1, -0.05) is 0 Å². The Labute approximate surface area is 125 Å². The Morgan fingerprint density at radius 2 is 1.22 bits per heavy atom. The number of anilines is 1. The van der Waals surface area contributed by atoms with Crippen molar-refractivity contribution in [2.24, 2.45) is 5.10 Å². The molecule has 0 aliphatic carbocycles. The highest BCUT2D eigenvalue weighted by Crippen LogP contribution is 2.56. The van der Waals surface area contributed by atoms with E-state index in [4.69, 9.17) is 15.3 Å². The predicted octanol–water partition coefficient (Wildman–Crippen LogP) is -3.77. The summed E-state index contributed by atoms with van der Waals surface area (Å²) in [5, 5.41) is 95.7. The van der Waals surface area contributed by atoms with Crippen LogP contribution in [0.4, 0.5) is 5.69 Å². The van der Waals surface area contributed by atoms with Crippen LogP contribution >= 0.6 is 0 Å². The Morgan fingerprint density at radius 3 is 1.57 bits per heavy atom. The number of carbonyl (C=O) groups excluding carboxylic acids is 1. The molecule has 0 spiro atoms. The minimum Gasteiger partial charge on any atom is -0.503 e. The molecule has 10 N–H and O–H groups in total. The second-order valence-electron chi connectivity index (χ2n) is 4.46. The van der Waals surface area contributed by atoms with Gasteiger partial charge in [0, 0.05) is 0 Å². The number of aliphatic hydroxyl groups is 5. The van der Waals surface area contributed by atoms with Crippen molar-refractivity contribution in [2.75, 3.05) is 5.01 Å². The smallest absolute Gasteiger partial charge is 0.326 e. The third-order valence-corrected chi connectivity index (χ3v) is 2.90. The van der Waals surface area contributed by atoms with Crippen LogP contribution < -0.4 is 5.01 Å². The molecule has 13 heteroatoms. The minimum atomic E-state index is -3.97. The van der Waals surface area contributed by atoms with E-state index in [1.165, 1.54) is 0 Å². The monoisotopic (exact) mass is 334 g/mol. The number of hydrogen-bond acceptors (Lipinski definition) is 12. The van der Waals surface area contributed by atoms with E-state index in [-0.39, 0.29) is 5.01 Å². The second-order valence-corrected chi connectivity index (χ2v) is 4.46. The van der Waals surface area contributed by atoms with Crippen LogP contribution in [-0.2, 0) is 4.79 Å². The summed E-state index contributed by atoms with van der Waals surface area (Å²) < 4.78 is 0. The van der Waals surface area contributed by atoms with E-state index in [0.717, 1.165) is 0 Å². The quantitative estimate of drug-likeness (QED) is 0.143. The fraction of sp³-hybridized carbons (Fsp3) is 0.200. The van der Waals surface area contributed by atoms with Crippen LogP contribution in [0.15, 0.2) is 5.10 Å². The van der Waals surface area contributed by atoms with Gasteiger partial charge in [-0.2, -0.15) is 10.1 Å². The topological polar surface area (TPSA) is 235 Å². The summed E-state index contributed by atoms with van der Waals surface area (Å²) in [5.74, 6) is -16.7.